The molecule has 0 aromatic carbocycles. The van der Waals surface area contributed by atoms with Gasteiger partial charge in [0.05, 0.1) is 40.3 Å². The summed E-state index contributed by atoms with van der Waals surface area (Å²) in [6.07, 6.45) is 22.4. The molecule has 0 rings (SSSR count). The summed E-state index contributed by atoms with van der Waals surface area (Å²) >= 11 is 0. The quantitative estimate of drug-likeness (QED) is 0.0533. The lowest BCUT2D eigenvalue weighted by Crippen LogP contribution is -2.55. The van der Waals surface area contributed by atoms with E-state index in [-0.39, 0.29) is 49.1 Å². The number of nitrogens with zero attached hydrogens (tertiary/aromatic N) is 1. The average Bonchev–Trinajstić information content (AvgIpc) is 2.91. The largest absolute Gasteiger partial charge is 0.544 e. The molecular weight excluding hydrogens is 522 g/mol. The van der Waals surface area contributed by atoms with Crippen LogP contribution in [0.15, 0.2) is 24.3 Å². The molecule has 0 saturated heterocycles. The molecule has 2 atom stereocenters. The summed E-state index contributed by atoms with van der Waals surface area (Å²) < 4.78 is 16.8. The van der Waals surface area contributed by atoms with E-state index in [9.17, 15) is 19.5 Å². The van der Waals surface area contributed by atoms with Crippen LogP contribution in [-0.4, -0.2) is 75.5 Å². The number of allylic oxidation sites excluding steroid dienone is 4. The van der Waals surface area contributed by atoms with Crippen molar-refractivity contribution < 1.29 is 38.2 Å². The molecule has 0 radical (unpaired) electrons. The maximum atomic E-state index is 12.5. The van der Waals surface area contributed by atoms with Crippen molar-refractivity contribution >= 4 is 17.9 Å². The maximum Gasteiger partial charge on any atom is 0.306 e. The van der Waals surface area contributed by atoms with Crippen LogP contribution in [-0.2, 0) is 28.6 Å². The average molecular weight is 582 g/mol. The minimum Gasteiger partial charge on any atom is -0.544 e. The molecule has 0 amide bonds. The molecule has 238 valence electrons. The first kappa shape index (κ1) is 38.8. The van der Waals surface area contributed by atoms with E-state index in [1.807, 2.05) is 12.2 Å². The van der Waals surface area contributed by atoms with Crippen molar-refractivity contribution in [1.82, 2.24) is 0 Å². The normalized spacial score (nSPS) is 13.5. The Bertz CT molecular complexity index is 742. The topological polar surface area (TPSA) is 102 Å². The van der Waals surface area contributed by atoms with Gasteiger partial charge in [-0.05, 0) is 25.7 Å². The number of carbonyl (C=O) groups excluding carboxylic acids is 3. The van der Waals surface area contributed by atoms with Gasteiger partial charge < -0.3 is 28.6 Å². The highest BCUT2D eigenvalue weighted by molar-refractivity contribution is 5.70. The maximum absolute atomic E-state index is 12.5. The molecule has 8 heteroatoms. The highest BCUT2D eigenvalue weighted by Gasteiger charge is 2.25. The number of quaternary nitrogens is 1. The number of carboxylic acids is 1. The predicted octanol–water partition coefficient (Wildman–Crippen LogP) is 5.68. The number of ether oxygens (including phenoxy) is 3. The summed E-state index contributed by atoms with van der Waals surface area (Å²) in [7, 11) is 5.36. The number of unbranched alkanes of at least 4 members (excludes halogenated alkanes) is 9. The second-order valence-corrected chi connectivity index (χ2v) is 11.7. The number of carbonyl (C=O) groups is 3. The van der Waals surface area contributed by atoms with Gasteiger partial charge in [0.2, 0.25) is 0 Å². The Labute approximate surface area is 250 Å². The third-order valence-electron chi connectivity index (χ3n) is 6.87. The van der Waals surface area contributed by atoms with Gasteiger partial charge in [0.15, 0.2) is 6.10 Å². The van der Waals surface area contributed by atoms with Crippen molar-refractivity contribution in [2.45, 2.75) is 129 Å². The third kappa shape index (κ3) is 24.1. The van der Waals surface area contributed by atoms with Crippen LogP contribution in [0.2, 0.25) is 0 Å². The van der Waals surface area contributed by atoms with Crippen molar-refractivity contribution in [2.75, 3.05) is 41.0 Å². The number of rotatable bonds is 27. The van der Waals surface area contributed by atoms with Gasteiger partial charge in [-0.25, -0.2) is 0 Å². The molecule has 0 spiro atoms. The fourth-order valence-corrected chi connectivity index (χ4v) is 4.36. The molecule has 2 unspecified atom stereocenters. The molecule has 0 aliphatic carbocycles. The lowest BCUT2D eigenvalue weighted by Gasteiger charge is -2.34. The number of hydrogen-bond donors (Lipinski definition) is 0. The van der Waals surface area contributed by atoms with E-state index >= 15 is 0 Å². The van der Waals surface area contributed by atoms with E-state index in [4.69, 9.17) is 14.2 Å². The smallest absolute Gasteiger partial charge is 0.306 e. The second-order valence-electron chi connectivity index (χ2n) is 11.7. The van der Waals surface area contributed by atoms with Gasteiger partial charge in [0, 0.05) is 19.3 Å². The Hall–Kier alpha value is -2.19. The van der Waals surface area contributed by atoms with Crippen molar-refractivity contribution in [1.29, 1.82) is 0 Å². The summed E-state index contributed by atoms with van der Waals surface area (Å²) in [5, 5.41) is 11.5. The zero-order valence-electron chi connectivity index (χ0n) is 26.7. The lowest BCUT2D eigenvalue weighted by molar-refractivity contribution is -0.889. The number of likely N-dealkylation sites (N-methyl/N-ethyl adjacent to an activating group) is 1. The molecule has 0 saturated carbocycles. The highest BCUT2D eigenvalue weighted by Crippen LogP contribution is 2.13. The number of hydrogen-bond acceptors (Lipinski definition) is 7. The summed E-state index contributed by atoms with van der Waals surface area (Å²) in [4.78, 5) is 36.2. The molecule has 0 aliphatic heterocycles. The van der Waals surface area contributed by atoms with E-state index in [0.717, 1.165) is 32.1 Å². The third-order valence-corrected chi connectivity index (χ3v) is 6.87. The first-order valence-corrected chi connectivity index (χ1v) is 15.9. The molecule has 0 N–H and O–H groups in total. The van der Waals surface area contributed by atoms with Crippen LogP contribution in [0.3, 0.4) is 0 Å². The first-order chi connectivity index (χ1) is 19.6. The molecule has 0 aliphatic rings. The predicted molar refractivity (Wildman–Crippen MR) is 162 cm³/mol. The standard InChI is InChI=1S/C33H59NO7/c1-6-8-10-12-14-15-16-18-20-22-24-32(36)41-29(27-39-26-25-30(33(37)38)34(3,4)5)28-40-31(35)23-21-19-17-13-11-9-7-2/h9,11,17,19,29-30H,6-8,10,12-16,18,20-28H2,1-5H3/b11-9+,19-17+. The summed E-state index contributed by atoms with van der Waals surface area (Å²) in [5.74, 6) is -1.84. The Morgan fingerprint density at radius 2 is 1.37 bits per heavy atom. The second kappa shape index (κ2) is 25.5. The van der Waals surface area contributed by atoms with Crippen LogP contribution in [0.1, 0.15) is 117 Å². The Kier molecular flexibility index (Phi) is 24.2. The van der Waals surface area contributed by atoms with E-state index in [1.165, 1.54) is 44.9 Å². The monoisotopic (exact) mass is 581 g/mol. The zero-order valence-corrected chi connectivity index (χ0v) is 26.7. The van der Waals surface area contributed by atoms with Crippen LogP contribution < -0.4 is 5.11 Å². The molecule has 0 heterocycles. The van der Waals surface area contributed by atoms with E-state index < -0.39 is 18.1 Å². The number of esters is 2. The van der Waals surface area contributed by atoms with E-state index in [1.54, 1.807) is 21.1 Å². The number of carboxylic acid groups (broad SMARTS) is 1. The van der Waals surface area contributed by atoms with Crippen LogP contribution in [0.4, 0.5) is 0 Å². The van der Waals surface area contributed by atoms with Crippen LogP contribution in [0.5, 0.6) is 0 Å². The molecule has 0 bridgehead atoms. The summed E-state index contributed by atoms with van der Waals surface area (Å²) in [6, 6.07) is -0.726. The molecule has 0 fully saturated rings. The van der Waals surface area contributed by atoms with Crippen LogP contribution in [0, 0.1) is 0 Å². The van der Waals surface area contributed by atoms with Gasteiger partial charge in [0.25, 0.3) is 0 Å². The van der Waals surface area contributed by atoms with Crippen molar-refractivity contribution in [3.05, 3.63) is 24.3 Å². The first-order valence-electron chi connectivity index (χ1n) is 15.9. The van der Waals surface area contributed by atoms with Gasteiger partial charge in [-0.15, -0.1) is 0 Å². The van der Waals surface area contributed by atoms with Gasteiger partial charge in [0.1, 0.15) is 12.6 Å². The van der Waals surface area contributed by atoms with Gasteiger partial charge in [-0.1, -0.05) is 95.9 Å². The lowest BCUT2D eigenvalue weighted by atomic mass is 10.1. The summed E-state index contributed by atoms with van der Waals surface area (Å²) in [6.45, 7) is 4.40. The fraction of sp³-hybridized carbons (Fsp3) is 0.788. The minimum absolute atomic E-state index is 0.0254. The molecule has 41 heavy (non-hydrogen) atoms. The molecular formula is C33H59NO7. The van der Waals surface area contributed by atoms with E-state index in [0.29, 0.717) is 12.8 Å². The SMILES string of the molecule is CC/C=C/C/C=C/CCC(=O)OCC(COCCC(C(=O)[O-])[N+](C)(C)C)OC(=O)CCCCCCCCCCCC. The Morgan fingerprint density at radius 3 is 1.95 bits per heavy atom. The molecule has 0 aromatic rings. The van der Waals surface area contributed by atoms with Gasteiger partial charge in [-0.3, -0.25) is 9.59 Å². The molecule has 0 aromatic heterocycles. The Balaban J connectivity index is 4.56. The van der Waals surface area contributed by atoms with Crippen LogP contribution >= 0.6 is 0 Å². The Morgan fingerprint density at radius 1 is 0.756 bits per heavy atom. The van der Waals surface area contributed by atoms with Crippen LogP contribution in [0.25, 0.3) is 0 Å². The molecule has 8 nitrogen and oxygen atoms in total. The van der Waals surface area contributed by atoms with Crippen molar-refractivity contribution in [3.8, 4) is 0 Å². The fourth-order valence-electron chi connectivity index (χ4n) is 4.36. The highest BCUT2D eigenvalue weighted by atomic mass is 16.6. The van der Waals surface area contributed by atoms with Crippen molar-refractivity contribution in [2.24, 2.45) is 0 Å². The van der Waals surface area contributed by atoms with E-state index in [2.05, 4.69) is 26.0 Å². The minimum atomic E-state index is -1.13. The van der Waals surface area contributed by atoms with Crippen molar-refractivity contribution in [3.63, 3.8) is 0 Å². The zero-order chi connectivity index (χ0) is 30.8. The van der Waals surface area contributed by atoms with Gasteiger partial charge >= 0.3 is 11.9 Å². The number of aliphatic carboxylic acids is 1. The van der Waals surface area contributed by atoms with Gasteiger partial charge in [-0.2, -0.15) is 0 Å². The summed E-state index contributed by atoms with van der Waals surface area (Å²) in [5.41, 5.74) is 0.